The topological polar surface area (TPSA) is 0 Å². The summed E-state index contributed by atoms with van der Waals surface area (Å²) >= 11 is 0. The molecule has 1 heteroatoms. The zero-order chi connectivity index (χ0) is 11.7. The van der Waals surface area contributed by atoms with E-state index in [1.54, 1.807) is 0 Å². The third-order valence-corrected chi connectivity index (χ3v) is 3.29. The maximum atomic E-state index is 3.49. The van der Waals surface area contributed by atoms with E-state index >= 15 is 0 Å². The molecular weight excluding hydrogens is 295 g/mol. The quantitative estimate of drug-likeness (QED) is 0.709. The van der Waals surface area contributed by atoms with Gasteiger partial charge < -0.3 is 0 Å². The van der Waals surface area contributed by atoms with Crippen LogP contribution in [0.3, 0.4) is 0 Å². The fraction of sp³-hybridized carbons (Fsp3) is 0.176. The summed E-state index contributed by atoms with van der Waals surface area (Å²) in [5.74, 6) is 0.394. The van der Waals surface area contributed by atoms with E-state index in [0.717, 1.165) is 6.42 Å². The van der Waals surface area contributed by atoms with Crippen molar-refractivity contribution >= 4 is 6.08 Å². The van der Waals surface area contributed by atoms with Crippen molar-refractivity contribution in [2.24, 2.45) is 0 Å². The molecule has 1 aromatic carbocycles. The van der Waals surface area contributed by atoms with Gasteiger partial charge in [0, 0.05) is 32.1 Å². The summed E-state index contributed by atoms with van der Waals surface area (Å²) in [6, 6.07) is 8.59. The summed E-state index contributed by atoms with van der Waals surface area (Å²) in [7, 11) is 0. The Balaban J connectivity index is 0.00000120. The Morgan fingerprint density at radius 3 is 2.83 bits per heavy atom. The van der Waals surface area contributed by atoms with Gasteiger partial charge in [-0.2, -0.15) is 23.8 Å². The van der Waals surface area contributed by atoms with Gasteiger partial charge >= 0.3 is 0 Å². The normalized spacial score (nSPS) is 21.9. The van der Waals surface area contributed by atoms with Crippen LogP contribution in [0.2, 0.25) is 0 Å². The Bertz CT molecular complexity index is 559. The fourth-order valence-corrected chi connectivity index (χ4v) is 2.47. The second-order valence-electron chi connectivity index (χ2n) is 4.45. The average Bonchev–Trinajstić information content (AvgIpc) is 2.95. The van der Waals surface area contributed by atoms with Gasteiger partial charge in [-0.05, 0) is 11.1 Å². The van der Waals surface area contributed by atoms with Crippen LogP contribution in [0.15, 0.2) is 59.7 Å². The maximum Gasteiger partial charge on any atom is 0.0101 e. The van der Waals surface area contributed by atoms with Gasteiger partial charge in [-0.25, -0.2) is 0 Å². The third kappa shape index (κ3) is 2.42. The Kier molecular flexibility index (Phi) is 4.35. The van der Waals surface area contributed by atoms with Gasteiger partial charge in [0.2, 0.25) is 0 Å². The van der Waals surface area contributed by atoms with Gasteiger partial charge in [0.1, 0.15) is 0 Å². The molecule has 0 fully saturated rings. The largest absolute Gasteiger partial charge is 0.177 e. The number of fused-ring (bicyclic) bond motifs is 1. The Hall–Kier alpha value is -0.937. The van der Waals surface area contributed by atoms with E-state index in [0.29, 0.717) is 5.92 Å². The monoisotopic (exact) mass is 309 g/mol. The van der Waals surface area contributed by atoms with Crippen molar-refractivity contribution in [2.45, 2.75) is 19.3 Å². The van der Waals surface area contributed by atoms with Crippen LogP contribution in [0.4, 0.5) is 0 Å². The molecule has 1 aromatic rings. The van der Waals surface area contributed by atoms with Gasteiger partial charge in [-0.15, -0.1) is 11.6 Å². The molecule has 88 valence electrons. The van der Waals surface area contributed by atoms with E-state index < -0.39 is 0 Å². The standard InChI is InChI=1S/C17H15.Zr/c1-2-5-13-8-9-15(12-13)17-11-10-14-6-3-4-7-16(14)17;/h3-11,17H,2H2,1H3;/q-1;. The molecule has 2 aliphatic carbocycles. The first-order valence-electron chi connectivity index (χ1n) is 6.17. The SMILES string of the molecule is CCC=C1[C-]=C(C2C=Cc3ccccc32)C=C1.[Zr]. The van der Waals surface area contributed by atoms with Crippen molar-refractivity contribution in [2.75, 3.05) is 0 Å². The van der Waals surface area contributed by atoms with Crippen LogP contribution in [-0.4, -0.2) is 0 Å². The van der Waals surface area contributed by atoms with Crippen LogP contribution >= 0.6 is 0 Å². The maximum absolute atomic E-state index is 3.49. The fourth-order valence-electron chi connectivity index (χ4n) is 2.47. The van der Waals surface area contributed by atoms with E-state index in [2.05, 4.69) is 67.6 Å². The van der Waals surface area contributed by atoms with E-state index in [9.17, 15) is 0 Å². The second-order valence-corrected chi connectivity index (χ2v) is 4.45. The minimum atomic E-state index is 0. The Labute approximate surface area is 128 Å². The van der Waals surface area contributed by atoms with Crippen molar-refractivity contribution in [3.05, 3.63) is 76.9 Å². The molecule has 0 amide bonds. The van der Waals surface area contributed by atoms with E-state index in [4.69, 9.17) is 0 Å². The number of hydrogen-bond donors (Lipinski definition) is 0. The number of benzene rings is 1. The summed E-state index contributed by atoms with van der Waals surface area (Å²) < 4.78 is 0. The molecule has 0 saturated carbocycles. The van der Waals surface area contributed by atoms with Gasteiger partial charge in [0.15, 0.2) is 0 Å². The Morgan fingerprint density at radius 1 is 1.17 bits per heavy atom. The van der Waals surface area contributed by atoms with E-state index in [-0.39, 0.29) is 26.2 Å². The zero-order valence-corrected chi connectivity index (χ0v) is 12.9. The van der Waals surface area contributed by atoms with Crippen LogP contribution in [0.1, 0.15) is 30.4 Å². The molecule has 2 aliphatic rings. The number of rotatable bonds is 2. The summed E-state index contributed by atoms with van der Waals surface area (Å²) in [5, 5.41) is 0. The third-order valence-electron chi connectivity index (χ3n) is 3.29. The molecule has 0 bridgehead atoms. The van der Waals surface area contributed by atoms with Crippen molar-refractivity contribution in [3.63, 3.8) is 0 Å². The minimum Gasteiger partial charge on any atom is -0.177 e. The molecule has 0 heterocycles. The van der Waals surface area contributed by atoms with Crippen LogP contribution in [0.5, 0.6) is 0 Å². The number of hydrogen-bond acceptors (Lipinski definition) is 0. The molecule has 0 spiro atoms. The molecule has 0 aliphatic heterocycles. The molecule has 0 saturated heterocycles. The van der Waals surface area contributed by atoms with Crippen molar-refractivity contribution < 1.29 is 26.2 Å². The second kappa shape index (κ2) is 5.80. The van der Waals surface area contributed by atoms with Crippen LogP contribution in [0.25, 0.3) is 6.08 Å². The van der Waals surface area contributed by atoms with Gasteiger partial charge in [0.25, 0.3) is 0 Å². The zero-order valence-electron chi connectivity index (χ0n) is 10.5. The molecule has 3 rings (SSSR count). The predicted octanol–water partition coefficient (Wildman–Crippen LogP) is 4.43. The molecule has 0 radical (unpaired) electrons. The van der Waals surface area contributed by atoms with E-state index in [1.807, 2.05) is 0 Å². The van der Waals surface area contributed by atoms with E-state index in [1.165, 1.54) is 22.3 Å². The van der Waals surface area contributed by atoms with Gasteiger partial charge in [-0.3, -0.25) is 0 Å². The molecular formula is C17H15Zr-. The molecule has 1 atom stereocenters. The average molecular weight is 311 g/mol. The van der Waals surface area contributed by atoms with Crippen molar-refractivity contribution in [1.82, 2.24) is 0 Å². The first-order chi connectivity index (χ1) is 8.38. The predicted molar refractivity (Wildman–Crippen MR) is 72.5 cm³/mol. The summed E-state index contributed by atoms with van der Waals surface area (Å²) in [6.07, 6.45) is 15.6. The molecule has 18 heavy (non-hydrogen) atoms. The molecule has 0 aromatic heterocycles. The number of allylic oxidation sites excluding steroid dienone is 7. The summed E-state index contributed by atoms with van der Waals surface area (Å²) in [4.78, 5) is 0. The minimum absolute atomic E-state index is 0. The molecule has 0 nitrogen and oxygen atoms in total. The Morgan fingerprint density at radius 2 is 2.00 bits per heavy atom. The summed E-state index contributed by atoms with van der Waals surface area (Å²) in [5.41, 5.74) is 5.25. The molecule has 1 unspecified atom stereocenters. The van der Waals surface area contributed by atoms with Crippen LogP contribution < -0.4 is 0 Å². The first kappa shape index (κ1) is 13.5. The van der Waals surface area contributed by atoms with Crippen LogP contribution in [-0.2, 0) is 26.2 Å². The van der Waals surface area contributed by atoms with Gasteiger partial charge in [-0.1, -0.05) is 49.8 Å². The van der Waals surface area contributed by atoms with Crippen molar-refractivity contribution in [3.8, 4) is 0 Å². The van der Waals surface area contributed by atoms with Gasteiger partial charge in [0.05, 0.1) is 0 Å². The first-order valence-corrected chi connectivity index (χ1v) is 6.17. The smallest absolute Gasteiger partial charge is 0.0101 e. The van der Waals surface area contributed by atoms with Crippen LogP contribution in [0, 0.1) is 6.08 Å². The van der Waals surface area contributed by atoms with Crippen molar-refractivity contribution in [1.29, 1.82) is 0 Å². The summed E-state index contributed by atoms with van der Waals surface area (Å²) in [6.45, 7) is 2.16. The molecule has 0 N–H and O–H groups in total.